The Morgan fingerprint density at radius 1 is 1.22 bits per heavy atom. The molecule has 0 spiro atoms. The molecule has 2 aliphatic heterocycles. The van der Waals surface area contributed by atoms with Crippen LogP contribution in [0.2, 0.25) is 0 Å². The van der Waals surface area contributed by atoms with Gasteiger partial charge in [-0.1, -0.05) is 39.3 Å². The van der Waals surface area contributed by atoms with Crippen molar-refractivity contribution in [2.75, 3.05) is 0 Å². The van der Waals surface area contributed by atoms with Gasteiger partial charge in [0.05, 0.1) is 12.3 Å². The Morgan fingerprint density at radius 3 is 2.67 bits per heavy atom. The van der Waals surface area contributed by atoms with E-state index in [1.165, 1.54) is 32.6 Å². The van der Waals surface area contributed by atoms with Crippen LogP contribution in [0.5, 0.6) is 0 Å². The highest BCUT2D eigenvalue weighted by molar-refractivity contribution is 5.71. The van der Waals surface area contributed by atoms with Gasteiger partial charge in [0.25, 0.3) is 0 Å². The van der Waals surface area contributed by atoms with Crippen LogP contribution in [-0.4, -0.2) is 24.5 Å². The van der Waals surface area contributed by atoms with Crippen molar-refractivity contribution in [2.45, 2.75) is 78.8 Å². The zero-order chi connectivity index (χ0) is 19.6. The number of carbonyl (C=O) groups excluding carboxylic acids is 2. The summed E-state index contributed by atoms with van der Waals surface area (Å²) in [5.74, 6) is 0.136. The van der Waals surface area contributed by atoms with Crippen molar-refractivity contribution in [2.24, 2.45) is 34.5 Å². The lowest BCUT2D eigenvalue weighted by atomic mass is 9.54. The topological polar surface area (TPSA) is 61.8 Å². The Bertz CT molecular complexity index is 668. The molecule has 2 saturated heterocycles. The maximum atomic E-state index is 11.9. The van der Waals surface area contributed by atoms with Crippen molar-refractivity contribution in [3.63, 3.8) is 0 Å². The summed E-state index contributed by atoms with van der Waals surface area (Å²) in [6.07, 6.45) is 4.95. The van der Waals surface area contributed by atoms with E-state index >= 15 is 0 Å². The third kappa shape index (κ3) is 2.93. The SMILES string of the molecule is C=C(C1C2OC(=O)CC1C(OC(C)=O)O2)C1CCC2C(C)(C)CCCC12C. The lowest BCUT2D eigenvalue weighted by Crippen LogP contribution is -2.44. The maximum absolute atomic E-state index is 11.9. The molecule has 2 bridgehead atoms. The first-order valence-electron chi connectivity index (χ1n) is 10.3. The maximum Gasteiger partial charge on any atom is 0.308 e. The van der Waals surface area contributed by atoms with Gasteiger partial charge >= 0.3 is 11.9 Å². The summed E-state index contributed by atoms with van der Waals surface area (Å²) >= 11 is 0. The van der Waals surface area contributed by atoms with E-state index in [4.69, 9.17) is 14.2 Å². The highest BCUT2D eigenvalue weighted by Crippen LogP contribution is 2.64. The second-order valence-corrected chi connectivity index (χ2v) is 9.97. The van der Waals surface area contributed by atoms with Gasteiger partial charge < -0.3 is 14.2 Å². The highest BCUT2D eigenvalue weighted by atomic mass is 16.8. The molecule has 4 rings (SSSR count). The van der Waals surface area contributed by atoms with Gasteiger partial charge in [-0.2, -0.15) is 0 Å². The highest BCUT2D eigenvalue weighted by Gasteiger charge is 2.59. The monoisotopic (exact) mass is 376 g/mol. The quantitative estimate of drug-likeness (QED) is 0.545. The van der Waals surface area contributed by atoms with Gasteiger partial charge in [-0.25, -0.2) is 0 Å². The number of esters is 2. The van der Waals surface area contributed by atoms with Gasteiger partial charge in [0.2, 0.25) is 12.6 Å². The van der Waals surface area contributed by atoms with Gasteiger partial charge in [0, 0.05) is 12.8 Å². The number of carbonyl (C=O) groups is 2. The Hall–Kier alpha value is -1.36. The van der Waals surface area contributed by atoms with Crippen LogP contribution in [0.1, 0.15) is 66.2 Å². The van der Waals surface area contributed by atoms with Crippen LogP contribution in [0.25, 0.3) is 0 Å². The molecule has 7 unspecified atom stereocenters. The molecule has 7 atom stereocenters. The van der Waals surface area contributed by atoms with E-state index in [9.17, 15) is 9.59 Å². The van der Waals surface area contributed by atoms with E-state index in [-0.39, 0.29) is 29.6 Å². The van der Waals surface area contributed by atoms with Crippen molar-refractivity contribution in [3.05, 3.63) is 12.2 Å². The number of hydrogen-bond donors (Lipinski definition) is 0. The molecule has 150 valence electrons. The second kappa shape index (κ2) is 6.33. The Balaban J connectivity index is 1.59. The molecular weight excluding hydrogens is 344 g/mol. The molecule has 5 heteroatoms. The second-order valence-electron chi connectivity index (χ2n) is 9.97. The standard InChI is InChI=1S/C22H32O5/c1-12(15-7-8-16-21(3,4)9-6-10-22(15,16)5)18-14-11-17(24)26-20(18)27-19(14)25-13(2)23/h14-16,18-20H,1,6-11H2,2-5H3. The first kappa shape index (κ1) is 19.0. The average molecular weight is 376 g/mol. The van der Waals surface area contributed by atoms with Crippen molar-refractivity contribution >= 4 is 11.9 Å². The van der Waals surface area contributed by atoms with Crippen LogP contribution in [0.3, 0.4) is 0 Å². The van der Waals surface area contributed by atoms with Gasteiger partial charge in [-0.05, 0) is 48.3 Å². The fourth-order valence-electron chi connectivity index (χ4n) is 6.92. The van der Waals surface area contributed by atoms with E-state index in [0.29, 0.717) is 17.3 Å². The molecule has 4 aliphatic rings. The van der Waals surface area contributed by atoms with Crippen LogP contribution in [0.4, 0.5) is 0 Å². The van der Waals surface area contributed by atoms with E-state index in [0.717, 1.165) is 12.0 Å². The van der Waals surface area contributed by atoms with E-state index in [2.05, 4.69) is 27.4 Å². The normalized spacial score (nSPS) is 45.1. The average Bonchev–Trinajstić information content (AvgIpc) is 3.00. The summed E-state index contributed by atoms with van der Waals surface area (Å²) in [5, 5.41) is 0. The summed E-state index contributed by atoms with van der Waals surface area (Å²) in [5.41, 5.74) is 1.72. The minimum Gasteiger partial charge on any atom is -0.435 e. The lowest BCUT2D eigenvalue weighted by molar-refractivity contribution is -0.206. The summed E-state index contributed by atoms with van der Waals surface area (Å²) in [4.78, 5) is 23.4. The Morgan fingerprint density at radius 2 is 1.96 bits per heavy atom. The minimum atomic E-state index is -0.714. The zero-order valence-corrected chi connectivity index (χ0v) is 17.0. The molecule has 27 heavy (non-hydrogen) atoms. The fourth-order valence-corrected chi connectivity index (χ4v) is 6.92. The fraction of sp³-hybridized carbons (Fsp3) is 0.818. The van der Waals surface area contributed by atoms with E-state index in [1.807, 2.05) is 0 Å². The minimum absolute atomic E-state index is 0.0855. The molecule has 4 fully saturated rings. The predicted octanol–water partition coefficient (Wildman–Crippen LogP) is 4.21. The predicted molar refractivity (Wildman–Crippen MR) is 99.2 cm³/mol. The molecule has 0 radical (unpaired) electrons. The van der Waals surface area contributed by atoms with Crippen LogP contribution >= 0.6 is 0 Å². The Labute approximate surface area is 161 Å². The summed E-state index contributed by atoms with van der Waals surface area (Å²) in [7, 11) is 0. The summed E-state index contributed by atoms with van der Waals surface area (Å²) in [6, 6.07) is 0. The number of fused-ring (bicyclic) bond motifs is 3. The first-order chi connectivity index (χ1) is 12.6. The lowest BCUT2D eigenvalue weighted by Gasteiger charge is -2.50. The zero-order valence-electron chi connectivity index (χ0n) is 17.0. The molecule has 0 aromatic carbocycles. The van der Waals surface area contributed by atoms with Gasteiger partial charge in [-0.15, -0.1) is 0 Å². The largest absolute Gasteiger partial charge is 0.435 e. The van der Waals surface area contributed by atoms with E-state index in [1.54, 1.807) is 0 Å². The van der Waals surface area contributed by atoms with Crippen molar-refractivity contribution in [3.8, 4) is 0 Å². The summed E-state index contributed by atoms with van der Waals surface area (Å²) < 4.78 is 16.6. The molecular formula is C22H32O5. The number of ether oxygens (including phenoxy) is 3. The van der Waals surface area contributed by atoms with Gasteiger partial charge in [0.15, 0.2) is 0 Å². The molecule has 0 aromatic heterocycles. The van der Waals surface area contributed by atoms with Crippen LogP contribution in [-0.2, 0) is 23.8 Å². The number of rotatable bonds is 3. The van der Waals surface area contributed by atoms with Crippen molar-refractivity contribution in [1.82, 2.24) is 0 Å². The van der Waals surface area contributed by atoms with Gasteiger partial charge in [-0.3, -0.25) is 9.59 Å². The number of hydrogen-bond acceptors (Lipinski definition) is 5. The molecule has 0 aromatic rings. The molecule has 2 saturated carbocycles. The third-order valence-electron chi connectivity index (χ3n) is 8.00. The van der Waals surface area contributed by atoms with Crippen LogP contribution in [0, 0.1) is 34.5 Å². The summed E-state index contributed by atoms with van der Waals surface area (Å²) in [6.45, 7) is 13.1. The molecule has 0 N–H and O–H groups in total. The van der Waals surface area contributed by atoms with Crippen molar-refractivity contribution < 1.29 is 23.8 Å². The Kier molecular flexibility index (Phi) is 4.45. The van der Waals surface area contributed by atoms with Crippen LogP contribution in [0.15, 0.2) is 12.2 Å². The van der Waals surface area contributed by atoms with Crippen LogP contribution < -0.4 is 0 Å². The van der Waals surface area contributed by atoms with E-state index < -0.39 is 18.5 Å². The third-order valence-corrected chi connectivity index (χ3v) is 8.00. The smallest absolute Gasteiger partial charge is 0.308 e. The van der Waals surface area contributed by atoms with Crippen molar-refractivity contribution in [1.29, 1.82) is 0 Å². The molecule has 2 aliphatic carbocycles. The molecule has 5 nitrogen and oxygen atoms in total. The van der Waals surface area contributed by atoms with Gasteiger partial charge in [0.1, 0.15) is 0 Å². The first-order valence-corrected chi connectivity index (χ1v) is 10.3. The molecule has 2 heterocycles. The molecule has 0 amide bonds.